The summed E-state index contributed by atoms with van der Waals surface area (Å²) in [6.07, 6.45) is 11.1. The lowest BCUT2D eigenvalue weighted by atomic mass is 9.94. The second-order valence-corrected chi connectivity index (χ2v) is 23.1. The Labute approximate surface area is 313 Å². The summed E-state index contributed by atoms with van der Waals surface area (Å²) in [5.74, 6) is 1.41. The van der Waals surface area contributed by atoms with Crippen molar-refractivity contribution in [3.8, 4) is 11.4 Å². The lowest BCUT2D eigenvalue weighted by molar-refractivity contribution is -0.162. The van der Waals surface area contributed by atoms with Gasteiger partial charge in [0.25, 0.3) is 5.56 Å². The van der Waals surface area contributed by atoms with Crippen molar-refractivity contribution in [3.63, 3.8) is 0 Å². The van der Waals surface area contributed by atoms with E-state index in [0.29, 0.717) is 42.8 Å². The van der Waals surface area contributed by atoms with E-state index in [1.807, 2.05) is 12.3 Å². The Bertz CT molecular complexity index is 2060. The van der Waals surface area contributed by atoms with E-state index in [-0.39, 0.29) is 30.7 Å². The first-order valence-corrected chi connectivity index (χ1v) is 24.0. The second-order valence-electron chi connectivity index (χ2n) is 15.4. The molecular formula is C37H54N8O6SSi. The number of rotatable bonds is 16. The molecule has 53 heavy (non-hydrogen) atoms. The molecule has 288 valence electrons. The van der Waals surface area contributed by atoms with Crippen LogP contribution in [0.3, 0.4) is 0 Å². The summed E-state index contributed by atoms with van der Waals surface area (Å²) >= 11 is 0. The number of hydrogen-bond donors (Lipinski definition) is 1. The molecular weight excluding hydrogens is 713 g/mol. The minimum Gasteiger partial charge on any atom is -0.365 e. The molecule has 0 spiro atoms. The molecule has 4 aromatic rings. The Balaban J connectivity index is 1.22. The SMILES string of the molecule is C[C@@H]1[C@@H](N(C)S(C)(=O)=O)CN1c1ccc(CCCOC2CCCCO2)c2cc(Nc3ccnc(-c4cn(COCC[Si](C)(C)C)n(C)c4=O)n3)ncc12. The molecule has 16 heteroatoms. The molecule has 5 heterocycles. The molecule has 6 rings (SSSR count). The van der Waals surface area contributed by atoms with Crippen LogP contribution >= 0.6 is 0 Å². The van der Waals surface area contributed by atoms with E-state index >= 15 is 0 Å². The van der Waals surface area contributed by atoms with Gasteiger partial charge in [0.15, 0.2) is 12.1 Å². The predicted octanol–water partition coefficient (Wildman–Crippen LogP) is 5.19. The maximum Gasteiger partial charge on any atom is 0.277 e. The van der Waals surface area contributed by atoms with Crippen molar-refractivity contribution in [1.82, 2.24) is 28.6 Å². The van der Waals surface area contributed by atoms with Crippen LogP contribution in [0.1, 0.15) is 38.2 Å². The van der Waals surface area contributed by atoms with Crippen LogP contribution in [0.4, 0.5) is 17.3 Å². The molecule has 3 aromatic heterocycles. The van der Waals surface area contributed by atoms with E-state index in [1.54, 1.807) is 37.2 Å². The average molecular weight is 767 g/mol. The molecule has 0 aliphatic carbocycles. The van der Waals surface area contributed by atoms with Gasteiger partial charge in [-0.25, -0.2) is 23.4 Å². The fourth-order valence-corrected chi connectivity index (χ4v) is 8.29. The summed E-state index contributed by atoms with van der Waals surface area (Å²) in [4.78, 5) is 29.3. The number of aromatic nitrogens is 5. The Kier molecular flexibility index (Phi) is 12.1. The topological polar surface area (TPSA) is 146 Å². The number of anilines is 3. The normalized spacial score (nSPS) is 19.5. The summed E-state index contributed by atoms with van der Waals surface area (Å²) in [7, 11) is -1.18. The number of hydrogen-bond acceptors (Lipinski definition) is 11. The standard InChI is InChI=1S/C37H54N8O6SSi/c1-26-32(43(3)52(4,47)48)24-45(26)31-14-13-27(11-10-18-51-35-12-8-9-17-50-35)28-21-34(39-22-29(28)31)40-33-15-16-38-36(41-33)30-23-44(42(2)37(30)46)25-49-19-20-53(5,6)7/h13-16,21-23,26,32,35H,8-12,17-20,24-25H2,1-7H3,(H,38,39,40,41)/t26-,32+,35?/m1/s1. The molecule has 0 amide bonds. The maximum atomic E-state index is 13.2. The molecule has 0 bridgehead atoms. The number of ether oxygens (including phenoxy) is 3. The molecule has 2 saturated heterocycles. The van der Waals surface area contributed by atoms with Crippen LogP contribution in [0.2, 0.25) is 25.7 Å². The number of pyridine rings is 1. The van der Waals surface area contributed by atoms with Gasteiger partial charge in [0, 0.05) is 77.6 Å². The van der Waals surface area contributed by atoms with Crippen LogP contribution in [-0.2, 0) is 44.4 Å². The van der Waals surface area contributed by atoms with Crippen molar-refractivity contribution in [3.05, 3.63) is 58.8 Å². The Morgan fingerprint density at radius 1 is 1.09 bits per heavy atom. The lowest BCUT2D eigenvalue weighted by Crippen LogP contribution is -2.65. The van der Waals surface area contributed by atoms with Gasteiger partial charge in [-0.3, -0.25) is 14.2 Å². The summed E-state index contributed by atoms with van der Waals surface area (Å²) in [6.45, 7) is 11.8. The molecule has 0 radical (unpaired) electrons. The van der Waals surface area contributed by atoms with E-state index in [2.05, 4.69) is 53.9 Å². The van der Waals surface area contributed by atoms with E-state index in [1.165, 1.54) is 15.2 Å². The van der Waals surface area contributed by atoms with Crippen LogP contribution in [0.5, 0.6) is 0 Å². The van der Waals surface area contributed by atoms with Gasteiger partial charge in [-0.1, -0.05) is 25.7 Å². The van der Waals surface area contributed by atoms with Gasteiger partial charge in [0.1, 0.15) is 23.9 Å². The summed E-state index contributed by atoms with van der Waals surface area (Å²) in [5, 5.41) is 5.36. The highest BCUT2D eigenvalue weighted by atomic mass is 32.2. The molecule has 1 N–H and O–H groups in total. The zero-order valence-corrected chi connectivity index (χ0v) is 33.9. The number of fused-ring (bicyclic) bond motifs is 1. The smallest absolute Gasteiger partial charge is 0.277 e. The highest BCUT2D eigenvalue weighted by Gasteiger charge is 2.41. The number of nitrogens with one attached hydrogen (secondary N) is 1. The van der Waals surface area contributed by atoms with Gasteiger partial charge in [-0.15, -0.1) is 0 Å². The van der Waals surface area contributed by atoms with Crippen LogP contribution in [0, 0.1) is 0 Å². The monoisotopic (exact) mass is 766 g/mol. The van der Waals surface area contributed by atoms with Crippen molar-refractivity contribution in [2.45, 2.75) is 89.8 Å². The molecule has 2 aliphatic heterocycles. The third-order valence-corrected chi connectivity index (χ3v) is 13.3. The second kappa shape index (κ2) is 16.4. The van der Waals surface area contributed by atoms with Gasteiger partial charge in [-0.2, -0.15) is 4.31 Å². The van der Waals surface area contributed by atoms with Crippen molar-refractivity contribution < 1.29 is 22.6 Å². The third-order valence-electron chi connectivity index (χ3n) is 10.3. The van der Waals surface area contributed by atoms with Gasteiger partial charge >= 0.3 is 0 Å². The van der Waals surface area contributed by atoms with Crippen molar-refractivity contribution in [2.75, 3.05) is 49.9 Å². The van der Waals surface area contributed by atoms with E-state index in [0.717, 1.165) is 66.8 Å². The highest BCUT2D eigenvalue weighted by Crippen LogP contribution is 2.37. The van der Waals surface area contributed by atoms with Gasteiger partial charge in [0.05, 0.1) is 18.9 Å². The summed E-state index contributed by atoms with van der Waals surface area (Å²) < 4.78 is 46.9. The molecule has 1 aromatic carbocycles. The van der Waals surface area contributed by atoms with Crippen LogP contribution in [-0.4, -0.2) is 103 Å². The third kappa shape index (κ3) is 9.35. The number of sulfonamides is 1. The van der Waals surface area contributed by atoms with Crippen molar-refractivity contribution in [1.29, 1.82) is 0 Å². The van der Waals surface area contributed by atoms with Crippen molar-refractivity contribution in [2.24, 2.45) is 7.05 Å². The number of likely N-dealkylation sites (N-methyl/N-ethyl adjacent to an activating group) is 1. The molecule has 1 unspecified atom stereocenters. The van der Waals surface area contributed by atoms with Crippen LogP contribution in [0.25, 0.3) is 22.2 Å². The number of nitrogens with zero attached hydrogens (tertiary/aromatic N) is 7. The molecule has 14 nitrogen and oxygen atoms in total. The highest BCUT2D eigenvalue weighted by molar-refractivity contribution is 7.88. The Morgan fingerprint density at radius 3 is 2.62 bits per heavy atom. The van der Waals surface area contributed by atoms with Gasteiger partial charge < -0.3 is 24.4 Å². The zero-order valence-electron chi connectivity index (χ0n) is 32.0. The zero-order chi connectivity index (χ0) is 37.9. The van der Waals surface area contributed by atoms with Gasteiger partial charge in [0.2, 0.25) is 10.0 Å². The lowest BCUT2D eigenvalue weighted by Gasteiger charge is -2.51. The number of benzene rings is 1. The average Bonchev–Trinajstić information content (AvgIpc) is 3.40. The van der Waals surface area contributed by atoms with E-state index in [4.69, 9.17) is 24.2 Å². The van der Waals surface area contributed by atoms with E-state index in [9.17, 15) is 13.2 Å². The first-order valence-electron chi connectivity index (χ1n) is 18.5. The molecule has 2 fully saturated rings. The van der Waals surface area contributed by atoms with Gasteiger partial charge in [-0.05, 0) is 74.2 Å². The first kappa shape index (κ1) is 39.0. The molecule has 3 atom stereocenters. The number of aryl methyl sites for hydroxylation is 1. The van der Waals surface area contributed by atoms with Crippen LogP contribution < -0.4 is 15.8 Å². The van der Waals surface area contributed by atoms with Crippen LogP contribution in [0.15, 0.2) is 47.7 Å². The largest absolute Gasteiger partial charge is 0.365 e. The Hall–Kier alpha value is -3.67. The minimum atomic E-state index is -3.31. The summed E-state index contributed by atoms with van der Waals surface area (Å²) in [6, 6.07) is 8.96. The van der Waals surface area contributed by atoms with Crippen molar-refractivity contribution >= 4 is 46.2 Å². The fourth-order valence-electron chi connectivity index (χ4n) is 6.80. The maximum absolute atomic E-state index is 13.2. The first-order chi connectivity index (χ1) is 25.2. The Morgan fingerprint density at radius 2 is 1.91 bits per heavy atom. The molecule has 0 saturated carbocycles. The predicted molar refractivity (Wildman–Crippen MR) is 211 cm³/mol. The fraction of sp³-hybridized carbons (Fsp3) is 0.568. The van der Waals surface area contributed by atoms with E-state index < -0.39 is 18.1 Å². The molecule has 2 aliphatic rings. The minimum absolute atomic E-state index is 0.0100. The quantitative estimate of drug-likeness (QED) is 0.119. The summed E-state index contributed by atoms with van der Waals surface area (Å²) in [5.41, 5.74) is 2.34.